The van der Waals surface area contributed by atoms with Crippen LogP contribution in [0, 0.1) is 0 Å². The molecule has 1 N–H and O–H groups in total. The van der Waals surface area contributed by atoms with E-state index in [1.54, 1.807) is 18.3 Å². The second-order valence-electron chi connectivity index (χ2n) is 12.4. The Morgan fingerprint density at radius 3 is 2.33 bits per heavy atom. The number of ether oxygens (including phenoxy) is 1. The lowest BCUT2D eigenvalue weighted by molar-refractivity contribution is -0.140. The van der Waals surface area contributed by atoms with E-state index in [2.05, 4.69) is 32.6 Å². The van der Waals surface area contributed by atoms with Crippen molar-refractivity contribution < 1.29 is 17.9 Å². The maximum atomic E-state index is 13.8. The smallest absolute Gasteiger partial charge is 0.241 e. The number of carbonyl (C=O) groups excluding carboxylic acids is 1. The van der Waals surface area contributed by atoms with Crippen molar-refractivity contribution in [1.29, 1.82) is 0 Å². The van der Waals surface area contributed by atoms with Crippen LogP contribution in [0.25, 0.3) is 10.8 Å². The summed E-state index contributed by atoms with van der Waals surface area (Å²) in [6, 6.07) is 25.4. The first kappa shape index (κ1) is 32.3. The van der Waals surface area contributed by atoms with Crippen molar-refractivity contribution in [2.24, 2.45) is 0 Å². The lowest BCUT2D eigenvalue weighted by Gasteiger charge is -2.42. The summed E-state index contributed by atoms with van der Waals surface area (Å²) in [5.41, 5.74) is 1.26. The van der Waals surface area contributed by atoms with E-state index in [1.165, 1.54) is 0 Å². The Hall–Kier alpha value is -3.67. The molecule has 0 saturated carbocycles. The maximum absolute atomic E-state index is 13.8. The summed E-state index contributed by atoms with van der Waals surface area (Å²) in [7, 11) is -1.75. The molecule has 0 spiro atoms. The number of hydrogen-bond donors (Lipinski definition) is 1. The van der Waals surface area contributed by atoms with Crippen molar-refractivity contribution in [3.8, 4) is 0 Å². The highest BCUT2D eigenvalue weighted by Gasteiger charge is 2.39. The zero-order valence-electron chi connectivity index (χ0n) is 26.4. The van der Waals surface area contributed by atoms with Crippen molar-refractivity contribution in [2.75, 3.05) is 59.5 Å². The van der Waals surface area contributed by atoms with Gasteiger partial charge in [0.15, 0.2) is 0 Å². The Bertz CT molecular complexity index is 1700. The van der Waals surface area contributed by atoms with Crippen LogP contribution in [0.2, 0.25) is 0 Å². The van der Waals surface area contributed by atoms with E-state index < -0.39 is 21.7 Å². The minimum Gasteiger partial charge on any atom is -0.369 e. The number of aromatic nitrogens is 1. The van der Waals surface area contributed by atoms with Gasteiger partial charge >= 0.3 is 0 Å². The largest absolute Gasteiger partial charge is 0.369 e. The van der Waals surface area contributed by atoms with Crippen molar-refractivity contribution in [3.05, 3.63) is 108 Å². The van der Waals surface area contributed by atoms with Crippen LogP contribution in [0.15, 0.2) is 102 Å². The molecule has 1 atom stereocenters. The van der Waals surface area contributed by atoms with Gasteiger partial charge in [-0.05, 0) is 54.4 Å². The molecule has 46 heavy (non-hydrogen) atoms. The van der Waals surface area contributed by atoms with Gasteiger partial charge in [0.25, 0.3) is 0 Å². The fraction of sp³-hybridized carbons (Fsp3) is 0.389. The van der Waals surface area contributed by atoms with Crippen LogP contribution in [-0.2, 0) is 25.2 Å². The number of fused-ring (bicyclic) bond motifs is 1. The number of benzene rings is 3. The van der Waals surface area contributed by atoms with Gasteiger partial charge in [0, 0.05) is 70.2 Å². The Morgan fingerprint density at radius 1 is 0.891 bits per heavy atom. The normalized spacial score (nSPS) is 18.4. The first-order valence-corrected chi connectivity index (χ1v) is 17.6. The van der Waals surface area contributed by atoms with E-state index in [9.17, 15) is 13.2 Å². The third-order valence-corrected chi connectivity index (χ3v) is 10.9. The summed E-state index contributed by atoms with van der Waals surface area (Å²) in [6.45, 7) is 6.71. The van der Waals surface area contributed by atoms with Gasteiger partial charge in [-0.15, -0.1) is 0 Å². The monoisotopic (exact) mass is 641 g/mol. The second kappa shape index (κ2) is 14.4. The number of nitrogens with one attached hydrogen (secondary N) is 1. The van der Waals surface area contributed by atoms with Crippen LogP contribution in [0.5, 0.6) is 0 Å². The molecule has 1 aromatic heterocycles. The molecule has 0 aliphatic carbocycles. The number of piperazine rings is 1. The number of rotatable bonds is 11. The summed E-state index contributed by atoms with van der Waals surface area (Å²) in [6.07, 6.45) is 4.95. The Morgan fingerprint density at radius 2 is 1.61 bits per heavy atom. The lowest BCUT2D eigenvalue weighted by atomic mass is 9.84. The molecule has 1 unspecified atom stereocenters. The molecule has 2 aliphatic heterocycles. The molecule has 3 heterocycles. The van der Waals surface area contributed by atoms with E-state index in [0.29, 0.717) is 32.5 Å². The number of likely N-dealkylation sites (N-methyl/N-ethyl adjacent to an activating group) is 1. The van der Waals surface area contributed by atoms with Crippen LogP contribution in [0.4, 0.5) is 0 Å². The fourth-order valence-electron chi connectivity index (χ4n) is 6.51. The van der Waals surface area contributed by atoms with E-state index in [-0.39, 0.29) is 17.2 Å². The van der Waals surface area contributed by atoms with Crippen LogP contribution in [-0.4, -0.2) is 93.5 Å². The number of hydrogen-bond acceptors (Lipinski definition) is 7. The van der Waals surface area contributed by atoms with Crippen LogP contribution >= 0.6 is 0 Å². The van der Waals surface area contributed by atoms with Crippen molar-refractivity contribution >= 4 is 26.7 Å². The lowest BCUT2D eigenvalue weighted by Crippen LogP contribution is -2.49. The average Bonchev–Trinajstić information content (AvgIpc) is 3.09. The molecule has 2 aliphatic rings. The summed E-state index contributed by atoms with van der Waals surface area (Å²) < 4.78 is 36.8. The highest BCUT2D eigenvalue weighted by Crippen LogP contribution is 2.37. The quantitative estimate of drug-likeness (QED) is 0.259. The molecule has 4 aromatic rings. The summed E-state index contributed by atoms with van der Waals surface area (Å²) >= 11 is 0. The third kappa shape index (κ3) is 7.65. The van der Waals surface area contributed by atoms with Gasteiger partial charge in [-0.1, -0.05) is 66.7 Å². The van der Waals surface area contributed by atoms with Crippen molar-refractivity contribution in [3.63, 3.8) is 0 Å². The third-order valence-electron chi connectivity index (χ3n) is 9.40. The predicted molar refractivity (Wildman–Crippen MR) is 180 cm³/mol. The maximum Gasteiger partial charge on any atom is 0.241 e. The fourth-order valence-corrected chi connectivity index (χ4v) is 7.77. The second-order valence-corrected chi connectivity index (χ2v) is 14.1. The molecule has 2 fully saturated rings. The number of nitrogens with zero attached hydrogens (tertiary/aromatic N) is 4. The molecule has 0 bridgehead atoms. The van der Waals surface area contributed by atoms with Crippen molar-refractivity contribution in [2.45, 2.75) is 35.8 Å². The molecule has 10 heteroatoms. The number of carbonyl (C=O) groups is 1. The molecule has 242 valence electrons. The molecular formula is C36H43N5O4S. The van der Waals surface area contributed by atoms with Gasteiger partial charge in [0.2, 0.25) is 15.9 Å². The van der Waals surface area contributed by atoms with E-state index >= 15 is 0 Å². The van der Waals surface area contributed by atoms with Crippen molar-refractivity contribution in [1.82, 2.24) is 24.4 Å². The summed E-state index contributed by atoms with van der Waals surface area (Å²) in [4.78, 5) is 25.0. The Kier molecular flexibility index (Phi) is 10.1. The molecule has 1 amide bonds. The topological polar surface area (TPSA) is 95.1 Å². The van der Waals surface area contributed by atoms with Crippen LogP contribution < -0.4 is 4.72 Å². The Labute approximate surface area is 272 Å². The zero-order valence-corrected chi connectivity index (χ0v) is 27.2. The minimum absolute atomic E-state index is 0.0149. The standard InChI is InChI=1S/C36H43N5O4S/c1-39-20-22-40(23-21-39)24-25-45-36(32-12-7-17-37-28-32)15-18-41(19-16-36)35(42)27-34(30-9-3-2-4-10-30)38-46(43,44)33-14-13-29-8-5-6-11-31(29)26-33/h2-14,17,26,28,34,38H,15-16,18-25,27H2,1H3. The molecule has 0 radical (unpaired) electrons. The first-order chi connectivity index (χ1) is 22.3. The van der Waals surface area contributed by atoms with Gasteiger partial charge < -0.3 is 14.5 Å². The average molecular weight is 642 g/mol. The number of pyridine rings is 1. The van der Waals surface area contributed by atoms with E-state index in [4.69, 9.17) is 4.74 Å². The highest BCUT2D eigenvalue weighted by atomic mass is 32.2. The predicted octanol–water partition coefficient (Wildman–Crippen LogP) is 4.43. The summed E-state index contributed by atoms with van der Waals surface area (Å²) in [5, 5.41) is 1.81. The van der Waals surface area contributed by atoms with Gasteiger partial charge in [0.1, 0.15) is 0 Å². The van der Waals surface area contributed by atoms with Gasteiger partial charge in [0.05, 0.1) is 23.1 Å². The molecule has 6 rings (SSSR count). The van der Waals surface area contributed by atoms with Crippen LogP contribution in [0.3, 0.4) is 0 Å². The van der Waals surface area contributed by atoms with Gasteiger partial charge in [-0.2, -0.15) is 0 Å². The number of amides is 1. The molecule has 3 aromatic carbocycles. The summed E-state index contributed by atoms with van der Waals surface area (Å²) in [5.74, 6) is -0.0905. The zero-order chi connectivity index (χ0) is 32.0. The first-order valence-electron chi connectivity index (χ1n) is 16.1. The number of likely N-dealkylation sites (tertiary alicyclic amines) is 1. The molecule has 2 saturated heterocycles. The number of piperidine rings is 1. The van der Waals surface area contributed by atoms with E-state index in [1.807, 2.05) is 77.8 Å². The molecular weight excluding hydrogens is 598 g/mol. The number of sulfonamides is 1. The van der Waals surface area contributed by atoms with Gasteiger partial charge in [-0.3, -0.25) is 14.7 Å². The SMILES string of the molecule is CN1CCN(CCOC2(c3cccnc3)CCN(C(=O)CC(NS(=O)(=O)c3ccc4ccccc4c3)c3ccccc3)CC2)CC1. The van der Waals surface area contributed by atoms with E-state index in [0.717, 1.165) is 54.6 Å². The van der Waals surface area contributed by atoms with Crippen LogP contribution in [0.1, 0.15) is 36.4 Å². The van der Waals surface area contributed by atoms with Gasteiger partial charge in [-0.25, -0.2) is 13.1 Å². The Balaban J connectivity index is 1.14. The highest BCUT2D eigenvalue weighted by molar-refractivity contribution is 7.89. The minimum atomic E-state index is -3.91. The molecule has 9 nitrogen and oxygen atoms in total.